The van der Waals surface area contributed by atoms with E-state index in [0.717, 1.165) is 5.76 Å². The number of hydrogen-bond donors (Lipinski definition) is 1. The van der Waals surface area contributed by atoms with E-state index in [1.165, 1.54) is 4.90 Å². The zero-order valence-electron chi connectivity index (χ0n) is 11.7. The molecule has 0 saturated carbocycles. The van der Waals surface area contributed by atoms with E-state index in [0.29, 0.717) is 23.7 Å². The fourth-order valence-electron chi connectivity index (χ4n) is 1.73. The van der Waals surface area contributed by atoms with Crippen molar-refractivity contribution in [1.82, 2.24) is 10.1 Å². The first-order valence-corrected chi connectivity index (χ1v) is 6.17. The number of carbonyl (C=O) groups is 1. The quantitative estimate of drug-likeness (QED) is 0.931. The molecule has 2 rings (SSSR count). The van der Waals surface area contributed by atoms with Crippen LogP contribution in [0.5, 0.6) is 5.75 Å². The van der Waals surface area contributed by atoms with Gasteiger partial charge >= 0.3 is 6.03 Å². The molecule has 2 aromatic rings. The number of aryl methyl sites for hydroxylation is 1. The minimum atomic E-state index is -0.223. The van der Waals surface area contributed by atoms with Crippen molar-refractivity contribution < 1.29 is 14.1 Å². The number of aromatic nitrogens is 1. The Balaban J connectivity index is 1.96. The molecule has 2 amide bonds. The molecule has 0 bridgehead atoms. The van der Waals surface area contributed by atoms with Crippen LogP contribution in [0.2, 0.25) is 0 Å². The molecule has 0 aliphatic carbocycles. The molecule has 0 spiro atoms. The van der Waals surface area contributed by atoms with Crippen molar-refractivity contribution in [2.45, 2.75) is 13.5 Å². The van der Waals surface area contributed by atoms with E-state index in [4.69, 9.17) is 9.26 Å². The third-order valence-electron chi connectivity index (χ3n) is 2.74. The average molecular weight is 275 g/mol. The van der Waals surface area contributed by atoms with Gasteiger partial charge in [0, 0.05) is 24.9 Å². The Hall–Kier alpha value is -2.50. The fraction of sp³-hybridized carbons (Fsp3) is 0.286. The van der Waals surface area contributed by atoms with Crippen LogP contribution in [0.4, 0.5) is 10.5 Å². The first-order chi connectivity index (χ1) is 9.58. The lowest BCUT2D eigenvalue weighted by Gasteiger charge is -2.16. The van der Waals surface area contributed by atoms with E-state index in [9.17, 15) is 4.79 Å². The lowest BCUT2D eigenvalue weighted by atomic mass is 10.3. The smallest absolute Gasteiger partial charge is 0.321 e. The van der Waals surface area contributed by atoms with Crippen molar-refractivity contribution in [3.8, 4) is 5.75 Å². The van der Waals surface area contributed by atoms with Gasteiger partial charge < -0.3 is 19.5 Å². The van der Waals surface area contributed by atoms with E-state index < -0.39 is 0 Å². The van der Waals surface area contributed by atoms with Gasteiger partial charge in [-0.2, -0.15) is 0 Å². The molecule has 1 N–H and O–H groups in total. The number of urea groups is 1. The number of nitrogens with zero attached hydrogens (tertiary/aromatic N) is 2. The largest absolute Gasteiger partial charge is 0.497 e. The second-order valence-corrected chi connectivity index (χ2v) is 4.45. The van der Waals surface area contributed by atoms with Gasteiger partial charge in [-0.05, 0) is 19.1 Å². The zero-order valence-corrected chi connectivity index (χ0v) is 11.7. The minimum absolute atomic E-state index is 0.223. The van der Waals surface area contributed by atoms with Gasteiger partial charge in [-0.25, -0.2) is 4.79 Å². The maximum Gasteiger partial charge on any atom is 0.321 e. The highest BCUT2D eigenvalue weighted by molar-refractivity contribution is 5.89. The molecule has 0 aliphatic heterocycles. The lowest BCUT2D eigenvalue weighted by Crippen LogP contribution is -2.30. The van der Waals surface area contributed by atoms with E-state index in [1.54, 1.807) is 32.4 Å². The number of nitrogens with one attached hydrogen (secondary N) is 1. The summed E-state index contributed by atoms with van der Waals surface area (Å²) in [4.78, 5) is 13.6. The standard InChI is InChI=1S/C14H17N3O3/c1-10-7-12(16-20-10)9-17(2)14(18)15-11-5-4-6-13(8-11)19-3/h4-8H,9H2,1-3H3,(H,15,18). The number of methoxy groups -OCH3 is 1. The second kappa shape index (κ2) is 6.10. The Morgan fingerprint density at radius 3 is 2.90 bits per heavy atom. The minimum Gasteiger partial charge on any atom is -0.497 e. The lowest BCUT2D eigenvalue weighted by molar-refractivity contribution is 0.219. The van der Waals surface area contributed by atoms with Gasteiger partial charge in [0.1, 0.15) is 17.2 Å². The first kappa shape index (κ1) is 13.9. The normalized spacial score (nSPS) is 10.2. The van der Waals surface area contributed by atoms with E-state index in [-0.39, 0.29) is 6.03 Å². The summed E-state index contributed by atoms with van der Waals surface area (Å²) in [6.07, 6.45) is 0. The van der Waals surface area contributed by atoms with E-state index in [1.807, 2.05) is 19.1 Å². The molecule has 0 radical (unpaired) electrons. The van der Waals surface area contributed by atoms with Crippen LogP contribution >= 0.6 is 0 Å². The Morgan fingerprint density at radius 2 is 2.25 bits per heavy atom. The number of ether oxygens (including phenoxy) is 1. The van der Waals surface area contributed by atoms with Gasteiger partial charge in [-0.1, -0.05) is 11.2 Å². The Bertz CT molecular complexity index is 595. The molecular formula is C14H17N3O3. The van der Waals surface area contributed by atoms with Crippen LogP contribution in [-0.4, -0.2) is 30.2 Å². The molecule has 1 heterocycles. The Kier molecular flexibility index (Phi) is 4.24. The molecule has 0 atom stereocenters. The SMILES string of the molecule is COc1cccc(NC(=O)N(C)Cc2cc(C)on2)c1. The molecule has 0 unspecified atom stereocenters. The number of carbonyl (C=O) groups excluding carboxylic acids is 1. The van der Waals surface area contributed by atoms with Gasteiger partial charge in [0.15, 0.2) is 0 Å². The molecule has 0 fully saturated rings. The maximum atomic E-state index is 12.0. The van der Waals surface area contributed by atoms with Crippen LogP contribution in [0.3, 0.4) is 0 Å². The highest BCUT2D eigenvalue weighted by Crippen LogP contribution is 2.17. The third kappa shape index (κ3) is 3.50. The van der Waals surface area contributed by atoms with E-state index in [2.05, 4.69) is 10.5 Å². The Morgan fingerprint density at radius 1 is 1.45 bits per heavy atom. The molecule has 6 heteroatoms. The van der Waals surface area contributed by atoms with Crippen LogP contribution < -0.4 is 10.1 Å². The highest BCUT2D eigenvalue weighted by Gasteiger charge is 2.11. The molecule has 0 aliphatic rings. The molecule has 1 aromatic heterocycles. The Labute approximate surface area is 117 Å². The summed E-state index contributed by atoms with van der Waals surface area (Å²) in [5.74, 6) is 1.42. The number of rotatable bonds is 4. The maximum absolute atomic E-state index is 12.0. The topological polar surface area (TPSA) is 67.6 Å². The number of anilines is 1. The molecular weight excluding hydrogens is 258 g/mol. The second-order valence-electron chi connectivity index (χ2n) is 4.45. The van der Waals surface area contributed by atoms with Crippen molar-refractivity contribution in [3.05, 3.63) is 41.8 Å². The highest BCUT2D eigenvalue weighted by atomic mass is 16.5. The summed E-state index contributed by atoms with van der Waals surface area (Å²) in [6, 6.07) is 8.77. The van der Waals surface area contributed by atoms with Crippen LogP contribution in [0.1, 0.15) is 11.5 Å². The number of hydrogen-bond acceptors (Lipinski definition) is 4. The number of amides is 2. The molecule has 20 heavy (non-hydrogen) atoms. The predicted molar refractivity (Wildman–Crippen MR) is 74.7 cm³/mol. The van der Waals surface area contributed by atoms with Gasteiger partial charge in [-0.15, -0.1) is 0 Å². The molecule has 1 aromatic carbocycles. The van der Waals surface area contributed by atoms with Crippen LogP contribution in [-0.2, 0) is 6.54 Å². The van der Waals surface area contributed by atoms with Gasteiger partial charge in [0.05, 0.1) is 13.7 Å². The van der Waals surface area contributed by atoms with Crippen LogP contribution in [0, 0.1) is 6.92 Å². The monoisotopic (exact) mass is 275 g/mol. The summed E-state index contributed by atoms with van der Waals surface area (Å²) < 4.78 is 10.1. The van der Waals surface area contributed by atoms with Crippen molar-refractivity contribution in [2.75, 3.05) is 19.5 Å². The van der Waals surface area contributed by atoms with Crippen molar-refractivity contribution in [3.63, 3.8) is 0 Å². The van der Waals surface area contributed by atoms with Crippen LogP contribution in [0.15, 0.2) is 34.9 Å². The molecule has 6 nitrogen and oxygen atoms in total. The zero-order chi connectivity index (χ0) is 14.5. The summed E-state index contributed by atoms with van der Waals surface area (Å²) in [6.45, 7) is 2.19. The molecule has 106 valence electrons. The number of benzene rings is 1. The molecule has 0 saturated heterocycles. The summed E-state index contributed by atoms with van der Waals surface area (Å²) >= 11 is 0. The third-order valence-corrected chi connectivity index (χ3v) is 2.74. The van der Waals surface area contributed by atoms with Crippen molar-refractivity contribution in [1.29, 1.82) is 0 Å². The average Bonchev–Trinajstić information content (AvgIpc) is 2.84. The van der Waals surface area contributed by atoms with Gasteiger partial charge in [0.2, 0.25) is 0 Å². The summed E-state index contributed by atoms with van der Waals surface area (Å²) in [7, 11) is 3.28. The summed E-state index contributed by atoms with van der Waals surface area (Å²) in [5.41, 5.74) is 1.39. The first-order valence-electron chi connectivity index (χ1n) is 6.17. The van der Waals surface area contributed by atoms with Crippen LogP contribution in [0.25, 0.3) is 0 Å². The van der Waals surface area contributed by atoms with Crippen molar-refractivity contribution >= 4 is 11.7 Å². The fourth-order valence-corrected chi connectivity index (χ4v) is 1.73. The van der Waals surface area contributed by atoms with E-state index >= 15 is 0 Å². The van der Waals surface area contributed by atoms with Gasteiger partial charge in [0.25, 0.3) is 0 Å². The summed E-state index contributed by atoms with van der Waals surface area (Å²) in [5, 5.41) is 6.65. The van der Waals surface area contributed by atoms with Crippen molar-refractivity contribution in [2.24, 2.45) is 0 Å². The van der Waals surface area contributed by atoms with Gasteiger partial charge in [-0.3, -0.25) is 0 Å². The predicted octanol–water partition coefficient (Wildman–Crippen LogP) is 2.66.